The van der Waals surface area contributed by atoms with Crippen LogP contribution in [0, 0.1) is 22.7 Å². The van der Waals surface area contributed by atoms with Gasteiger partial charge in [0.15, 0.2) is 17.0 Å². The molecule has 0 amide bonds. The van der Waals surface area contributed by atoms with Crippen LogP contribution in [0.3, 0.4) is 0 Å². The van der Waals surface area contributed by atoms with Gasteiger partial charge in [-0.25, -0.2) is 0 Å². The maximum Gasteiger partial charge on any atom is 0.190 e. The predicted molar refractivity (Wildman–Crippen MR) is 57.6 cm³/mol. The summed E-state index contributed by atoms with van der Waals surface area (Å²) in [5, 5.41) is 9.12. The zero-order chi connectivity index (χ0) is 11.8. The second kappa shape index (κ2) is 3.57. The van der Waals surface area contributed by atoms with Crippen molar-refractivity contribution in [1.82, 2.24) is 0 Å². The van der Waals surface area contributed by atoms with Gasteiger partial charge >= 0.3 is 0 Å². The normalized spacial score (nSPS) is 28.0. The van der Waals surface area contributed by atoms with E-state index >= 15 is 0 Å². The number of ketones is 2. The van der Waals surface area contributed by atoms with E-state index in [4.69, 9.17) is 5.26 Å². The number of carbonyl (C=O) groups excluding carboxylic acids is 2. The van der Waals surface area contributed by atoms with Gasteiger partial charge in [0.1, 0.15) is 0 Å². The van der Waals surface area contributed by atoms with Crippen LogP contribution >= 0.6 is 0 Å². The minimum absolute atomic E-state index is 0.183. The monoisotopic (exact) mass is 213 g/mol. The third-order valence-corrected chi connectivity index (χ3v) is 3.24. The van der Waals surface area contributed by atoms with Gasteiger partial charge in [0.2, 0.25) is 0 Å². The zero-order valence-corrected chi connectivity index (χ0v) is 8.93. The standard InChI is InChI=1S/C13H11NO2/c1-9-7-11(15)13(9,8-14)12(16)10-5-3-2-4-6-10/h2-6,9H,7H2,1H3. The van der Waals surface area contributed by atoms with Gasteiger partial charge in [-0.3, -0.25) is 9.59 Å². The van der Waals surface area contributed by atoms with E-state index in [-0.39, 0.29) is 17.5 Å². The number of carbonyl (C=O) groups is 2. The summed E-state index contributed by atoms with van der Waals surface area (Å²) in [5.41, 5.74) is -0.995. The number of nitriles is 1. The molecule has 2 unspecified atom stereocenters. The maximum absolute atomic E-state index is 12.2. The van der Waals surface area contributed by atoms with Crippen molar-refractivity contribution in [1.29, 1.82) is 5.26 Å². The third-order valence-electron chi connectivity index (χ3n) is 3.24. The van der Waals surface area contributed by atoms with Crippen molar-refractivity contribution >= 4 is 11.6 Å². The molecular formula is C13H11NO2. The lowest BCUT2D eigenvalue weighted by molar-refractivity contribution is -0.135. The Hall–Kier alpha value is -1.95. The van der Waals surface area contributed by atoms with Gasteiger partial charge in [0.05, 0.1) is 6.07 Å². The molecule has 0 saturated heterocycles. The van der Waals surface area contributed by atoms with Crippen LogP contribution in [0.5, 0.6) is 0 Å². The Morgan fingerprint density at radius 3 is 2.50 bits per heavy atom. The van der Waals surface area contributed by atoms with E-state index in [2.05, 4.69) is 0 Å². The maximum atomic E-state index is 12.2. The summed E-state index contributed by atoms with van der Waals surface area (Å²) in [7, 11) is 0. The molecule has 0 aromatic heterocycles. The first-order chi connectivity index (χ1) is 7.63. The minimum atomic E-state index is -1.43. The predicted octanol–water partition coefficient (Wildman–Crippen LogP) is 1.99. The molecule has 0 N–H and O–H groups in total. The number of hydrogen-bond donors (Lipinski definition) is 0. The fourth-order valence-electron chi connectivity index (χ4n) is 2.13. The quantitative estimate of drug-likeness (QED) is 0.557. The van der Waals surface area contributed by atoms with Crippen molar-refractivity contribution in [2.75, 3.05) is 0 Å². The van der Waals surface area contributed by atoms with E-state index in [1.165, 1.54) is 0 Å². The number of Topliss-reactive ketones (excluding diaryl/α,β-unsaturated/α-hetero) is 2. The number of benzene rings is 1. The summed E-state index contributed by atoms with van der Waals surface area (Å²) in [4.78, 5) is 23.7. The highest BCUT2D eigenvalue weighted by Crippen LogP contribution is 2.44. The molecule has 3 heteroatoms. The summed E-state index contributed by atoms with van der Waals surface area (Å²) in [6.45, 7) is 1.77. The number of nitrogens with zero attached hydrogens (tertiary/aromatic N) is 1. The number of rotatable bonds is 2. The second-order valence-electron chi connectivity index (χ2n) is 4.14. The highest BCUT2D eigenvalue weighted by molar-refractivity contribution is 6.20. The molecule has 0 bridgehead atoms. The van der Waals surface area contributed by atoms with Crippen molar-refractivity contribution in [2.24, 2.45) is 11.3 Å². The molecule has 1 aliphatic rings. The summed E-state index contributed by atoms with van der Waals surface area (Å²) in [5.74, 6) is -0.798. The van der Waals surface area contributed by atoms with Crippen LogP contribution in [-0.2, 0) is 4.79 Å². The lowest BCUT2D eigenvalue weighted by Crippen LogP contribution is -2.53. The Morgan fingerprint density at radius 1 is 1.44 bits per heavy atom. The topological polar surface area (TPSA) is 57.9 Å². The first-order valence-corrected chi connectivity index (χ1v) is 5.17. The molecule has 0 heterocycles. The van der Waals surface area contributed by atoms with Crippen LogP contribution in [0.15, 0.2) is 30.3 Å². The van der Waals surface area contributed by atoms with Crippen LogP contribution < -0.4 is 0 Å². The fourth-order valence-corrected chi connectivity index (χ4v) is 2.13. The molecule has 1 aromatic rings. The van der Waals surface area contributed by atoms with Gasteiger partial charge in [-0.15, -0.1) is 0 Å². The summed E-state index contributed by atoms with van der Waals surface area (Å²) in [6.07, 6.45) is 0.326. The molecule has 1 aromatic carbocycles. The minimum Gasteiger partial charge on any atom is -0.297 e. The molecule has 80 valence electrons. The molecule has 16 heavy (non-hydrogen) atoms. The fraction of sp³-hybridized carbons (Fsp3) is 0.308. The van der Waals surface area contributed by atoms with Gasteiger partial charge < -0.3 is 0 Å². The average molecular weight is 213 g/mol. The number of hydrogen-bond acceptors (Lipinski definition) is 3. The summed E-state index contributed by atoms with van der Waals surface area (Å²) >= 11 is 0. The Kier molecular flexibility index (Phi) is 2.35. The molecule has 0 spiro atoms. The van der Waals surface area contributed by atoms with Crippen LogP contribution in [0.2, 0.25) is 0 Å². The third kappa shape index (κ3) is 1.20. The van der Waals surface area contributed by atoms with Crippen molar-refractivity contribution in [2.45, 2.75) is 13.3 Å². The molecule has 1 saturated carbocycles. The molecular weight excluding hydrogens is 202 g/mol. The Morgan fingerprint density at radius 2 is 2.06 bits per heavy atom. The van der Waals surface area contributed by atoms with Gasteiger partial charge in [-0.05, 0) is 5.92 Å². The van der Waals surface area contributed by atoms with Gasteiger partial charge in [0, 0.05) is 12.0 Å². The Balaban J connectivity index is 2.42. The largest absolute Gasteiger partial charge is 0.297 e. The molecule has 0 radical (unpaired) electrons. The zero-order valence-electron chi connectivity index (χ0n) is 8.93. The van der Waals surface area contributed by atoms with Crippen molar-refractivity contribution in [3.63, 3.8) is 0 Å². The highest BCUT2D eigenvalue weighted by atomic mass is 16.2. The first kappa shape index (κ1) is 10.6. The summed E-state index contributed by atoms with van der Waals surface area (Å²) in [6, 6.07) is 10.4. The van der Waals surface area contributed by atoms with Crippen LogP contribution in [0.4, 0.5) is 0 Å². The lowest BCUT2D eigenvalue weighted by Gasteiger charge is -2.38. The highest BCUT2D eigenvalue weighted by Gasteiger charge is 2.58. The van der Waals surface area contributed by atoms with E-state index in [9.17, 15) is 9.59 Å². The van der Waals surface area contributed by atoms with Crippen LogP contribution in [0.25, 0.3) is 0 Å². The summed E-state index contributed by atoms with van der Waals surface area (Å²) < 4.78 is 0. The smallest absolute Gasteiger partial charge is 0.190 e. The van der Waals surface area contributed by atoms with Crippen molar-refractivity contribution in [3.05, 3.63) is 35.9 Å². The van der Waals surface area contributed by atoms with Crippen molar-refractivity contribution in [3.8, 4) is 6.07 Å². The molecule has 2 rings (SSSR count). The second-order valence-corrected chi connectivity index (χ2v) is 4.14. The van der Waals surface area contributed by atoms with Gasteiger partial charge in [-0.2, -0.15) is 5.26 Å². The van der Waals surface area contributed by atoms with Crippen LogP contribution in [0.1, 0.15) is 23.7 Å². The Bertz CT molecular complexity index is 486. The van der Waals surface area contributed by atoms with E-state index in [0.29, 0.717) is 12.0 Å². The Labute approximate surface area is 93.7 Å². The first-order valence-electron chi connectivity index (χ1n) is 5.17. The van der Waals surface area contributed by atoms with Crippen molar-refractivity contribution < 1.29 is 9.59 Å². The van der Waals surface area contributed by atoms with Crippen LogP contribution in [-0.4, -0.2) is 11.6 Å². The van der Waals surface area contributed by atoms with E-state index in [1.54, 1.807) is 37.3 Å². The molecule has 1 fully saturated rings. The molecule has 2 atom stereocenters. The van der Waals surface area contributed by atoms with Gasteiger partial charge in [-0.1, -0.05) is 37.3 Å². The average Bonchev–Trinajstić information content (AvgIpc) is 2.31. The molecule has 0 aliphatic heterocycles. The van der Waals surface area contributed by atoms with Gasteiger partial charge in [0.25, 0.3) is 0 Å². The van der Waals surface area contributed by atoms with E-state index in [1.807, 2.05) is 6.07 Å². The SMILES string of the molecule is CC1CC(=O)C1(C#N)C(=O)c1ccccc1. The molecule has 3 nitrogen and oxygen atoms in total. The van der Waals surface area contributed by atoms with E-state index < -0.39 is 5.41 Å². The molecule has 1 aliphatic carbocycles. The van der Waals surface area contributed by atoms with E-state index in [0.717, 1.165) is 0 Å². The lowest BCUT2D eigenvalue weighted by atomic mass is 9.57.